The number of aliphatic hydroxyl groups excluding tert-OH is 1. The third-order valence-corrected chi connectivity index (χ3v) is 5.02. The Morgan fingerprint density at radius 3 is 2.84 bits per heavy atom. The number of rotatable bonds is 2. The van der Waals surface area contributed by atoms with Crippen molar-refractivity contribution in [3.63, 3.8) is 0 Å². The summed E-state index contributed by atoms with van der Waals surface area (Å²) in [4.78, 5) is -0.0571. The zero-order valence-electron chi connectivity index (χ0n) is 10.3. The van der Waals surface area contributed by atoms with Crippen molar-refractivity contribution < 1.29 is 13.5 Å². The van der Waals surface area contributed by atoms with Crippen molar-refractivity contribution in [1.82, 2.24) is 4.31 Å². The van der Waals surface area contributed by atoms with E-state index in [1.165, 1.54) is 22.5 Å². The second-order valence-corrected chi connectivity index (χ2v) is 6.43. The molecule has 1 unspecified atom stereocenters. The molecule has 1 fully saturated rings. The fraction of sp³-hybridized carbons (Fsp3) is 0.417. The smallest absolute Gasteiger partial charge is 0.244 e. The van der Waals surface area contributed by atoms with E-state index in [0.717, 1.165) is 0 Å². The summed E-state index contributed by atoms with van der Waals surface area (Å²) in [5.41, 5.74) is 5.92. The number of nitrogens with zero attached hydrogens (tertiary/aromatic N) is 2. The molecule has 0 amide bonds. The van der Waals surface area contributed by atoms with Gasteiger partial charge in [-0.2, -0.15) is 9.57 Å². The number of benzene rings is 1. The van der Waals surface area contributed by atoms with Gasteiger partial charge in [0.2, 0.25) is 10.0 Å². The number of anilines is 1. The molecule has 0 bridgehead atoms. The van der Waals surface area contributed by atoms with Crippen molar-refractivity contribution in [2.45, 2.75) is 23.8 Å². The van der Waals surface area contributed by atoms with Gasteiger partial charge in [0.05, 0.1) is 11.7 Å². The highest BCUT2D eigenvalue weighted by atomic mass is 32.2. The molecule has 102 valence electrons. The Morgan fingerprint density at radius 2 is 2.21 bits per heavy atom. The lowest BCUT2D eigenvalue weighted by Gasteiger charge is -2.29. The molecule has 1 heterocycles. The van der Waals surface area contributed by atoms with Gasteiger partial charge in [-0.1, -0.05) is 0 Å². The van der Waals surface area contributed by atoms with Crippen LogP contribution in [0.25, 0.3) is 0 Å². The van der Waals surface area contributed by atoms with Crippen molar-refractivity contribution in [2.24, 2.45) is 0 Å². The molecule has 0 aliphatic carbocycles. The van der Waals surface area contributed by atoms with Gasteiger partial charge in [0.15, 0.2) is 0 Å². The molecule has 0 radical (unpaired) electrons. The number of aliphatic hydroxyl groups is 1. The first-order chi connectivity index (χ1) is 8.95. The average Bonchev–Trinajstić information content (AvgIpc) is 2.38. The van der Waals surface area contributed by atoms with Crippen molar-refractivity contribution in [3.8, 4) is 6.07 Å². The Labute approximate surface area is 112 Å². The van der Waals surface area contributed by atoms with Crippen LogP contribution in [0.3, 0.4) is 0 Å². The number of β-amino-alcohol motifs (C(OH)–C–C–N with tert-alkyl or cyclic N) is 1. The van der Waals surface area contributed by atoms with E-state index in [2.05, 4.69) is 0 Å². The van der Waals surface area contributed by atoms with E-state index in [-0.39, 0.29) is 17.0 Å². The van der Waals surface area contributed by atoms with Crippen LogP contribution in [0.2, 0.25) is 0 Å². The molecule has 1 aromatic carbocycles. The van der Waals surface area contributed by atoms with E-state index in [1.807, 2.05) is 6.07 Å². The predicted molar refractivity (Wildman–Crippen MR) is 69.6 cm³/mol. The van der Waals surface area contributed by atoms with E-state index >= 15 is 0 Å². The number of hydrogen-bond acceptors (Lipinski definition) is 5. The normalized spacial score (nSPS) is 20.9. The second-order valence-electron chi connectivity index (χ2n) is 4.53. The summed E-state index contributed by atoms with van der Waals surface area (Å²) in [5, 5.41) is 18.6. The molecule has 1 aliphatic heterocycles. The summed E-state index contributed by atoms with van der Waals surface area (Å²) in [7, 11) is -3.76. The Kier molecular flexibility index (Phi) is 3.75. The highest BCUT2D eigenvalue weighted by molar-refractivity contribution is 7.89. The van der Waals surface area contributed by atoms with Crippen LogP contribution in [0, 0.1) is 11.3 Å². The first kappa shape index (κ1) is 13.8. The Hall–Kier alpha value is -1.62. The number of piperidine rings is 1. The van der Waals surface area contributed by atoms with Crippen LogP contribution in [0.1, 0.15) is 18.4 Å². The third kappa shape index (κ3) is 2.71. The predicted octanol–water partition coefficient (Wildman–Crippen LogP) is 0.286. The van der Waals surface area contributed by atoms with Gasteiger partial charge < -0.3 is 10.8 Å². The van der Waals surface area contributed by atoms with Gasteiger partial charge in [-0.3, -0.25) is 0 Å². The van der Waals surface area contributed by atoms with Gasteiger partial charge >= 0.3 is 0 Å². The van der Waals surface area contributed by atoms with E-state index in [0.29, 0.717) is 25.1 Å². The molecule has 1 aromatic rings. The zero-order chi connectivity index (χ0) is 14.0. The maximum absolute atomic E-state index is 12.4. The fourth-order valence-corrected chi connectivity index (χ4v) is 3.78. The molecule has 3 N–H and O–H groups in total. The summed E-state index contributed by atoms with van der Waals surface area (Å²) in [5.74, 6) is 0. The monoisotopic (exact) mass is 281 g/mol. The van der Waals surface area contributed by atoms with Crippen LogP contribution in [0.15, 0.2) is 23.1 Å². The minimum absolute atomic E-state index is 0.0278. The number of hydrogen-bond donors (Lipinski definition) is 2. The van der Waals surface area contributed by atoms with Crippen molar-refractivity contribution in [2.75, 3.05) is 18.8 Å². The van der Waals surface area contributed by atoms with Crippen LogP contribution >= 0.6 is 0 Å². The molecular formula is C12H15N3O3S. The molecule has 6 nitrogen and oxygen atoms in total. The molecule has 0 aromatic heterocycles. The van der Waals surface area contributed by atoms with Gasteiger partial charge in [0.1, 0.15) is 11.0 Å². The Morgan fingerprint density at radius 1 is 1.47 bits per heavy atom. The van der Waals surface area contributed by atoms with Crippen LogP contribution in [0.5, 0.6) is 0 Å². The maximum Gasteiger partial charge on any atom is 0.244 e. The van der Waals surface area contributed by atoms with Crippen molar-refractivity contribution in [3.05, 3.63) is 23.8 Å². The number of nitrogen functional groups attached to an aromatic ring is 1. The molecule has 1 aliphatic rings. The molecule has 7 heteroatoms. The number of sulfonamides is 1. The van der Waals surface area contributed by atoms with Crippen molar-refractivity contribution in [1.29, 1.82) is 5.26 Å². The average molecular weight is 281 g/mol. The van der Waals surface area contributed by atoms with Crippen LogP contribution in [-0.2, 0) is 10.0 Å². The van der Waals surface area contributed by atoms with Crippen LogP contribution in [-0.4, -0.2) is 37.0 Å². The van der Waals surface area contributed by atoms with E-state index in [4.69, 9.17) is 11.0 Å². The Balaban J connectivity index is 2.42. The van der Waals surface area contributed by atoms with Crippen LogP contribution < -0.4 is 5.73 Å². The standard InChI is InChI=1S/C12H15N3O3S/c13-7-9-6-10(14)3-4-12(9)19(17,18)15-5-1-2-11(16)8-15/h3-4,6,11,16H,1-2,5,8,14H2. The summed E-state index contributed by atoms with van der Waals surface area (Å²) < 4.78 is 26.1. The van der Waals surface area contributed by atoms with Gasteiger partial charge in [0.25, 0.3) is 0 Å². The van der Waals surface area contributed by atoms with Gasteiger partial charge in [-0.05, 0) is 31.0 Å². The van der Waals surface area contributed by atoms with E-state index in [1.54, 1.807) is 0 Å². The second kappa shape index (κ2) is 5.17. The van der Waals surface area contributed by atoms with Gasteiger partial charge in [-0.15, -0.1) is 0 Å². The molecule has 0 saturated carbocycles. The lowest BCUT2D eigenvalue weighted by Crippen LogP contribution is -2.42. The summed E-state index contributed by atoms with van der Waals surface area (Å²) in [6.45, 7) is 0.423. The SMILES string of the molecule is N#Cc1cc(N)ccc1S(=O)(=O)N1CCCC(O)C1. The first-order valence-electron chi connectivity index (χ1n) is 5.93. The maximum atomic E-state index is 12.4. The largest absolute Gasteiger partial charge is 0.399 e. The highest BCUT2D eigenvalue weighted by Gasteiger charge is 2.31. The van der Waals surface area contributed by atoms with Gasteiger partial charge in [0, 0.05) is 18.8 Å². The minimum atomic E-state index is -3.76. The van der Waals surface area contributed by atoms with Gasteiger partial charge in [-0.25, -0.2) is 8.42 Å². The molecule has 1 saturated heterocycles. The third-order valence-electron chi connectivity index (χ3n) is 3.10. The fourth-order valence-electron chi connectivity index (χ4n) is 2.14. The molecule has 19 heavy (non-hydrogen) atoms. The van der Waals surface area contributed by atoms with Crippen molar-refractivity contribution >= 4 is 15.7 Å². The summed E-state index contributed by atoms with van der Waals surface area (Å²) in [6.07, 6.45) is 0.554. The quantitative estimate of drug-likeness (QED) is 0.757. The molecule has 0 spiro atoms. The number of nitrogens with two attached hydrogens (primary N) is 1. The summed E-state index contributed by atoms with van der Waals surface area (Å²) >= 11 is 0. The van der Waals surface area contributed by atoms with Crippen LogP contribution in [0.4, 0.5) is 5.69 Å². The molecule has 2 rings (SSSR count). The Bertz CT molecular complexity index is 622. The molecule has 1 atom stereocenters. The lowest BCUT2D eigenvalue weighted by molar-refractivity contribution is 0.108. The minimum Gasteiger partial charge on any atom is -0.399 e. The van der Waals surface area contributed by atoms with E-state index in [9.17, 15) is 13.5 Å². The topological polar surface area (TPSA) is 107 Å². The zero-order valence-corrected chi connectivity index (χ0v) is 11.1. The van der Waals surface area contributed by atoms with E-state index < -0.39 is 16.1 Å². The highest BCUT2D eigenvalue weighted by Crippen LogP contribution is 2.24. The lowest BCUT2D eigenvalue weighted by atomic mass is 10.1. The first-order valence-corrected chi connectivity index (χ1v) is 7.37. The molecular weight excluding hydrogens is 266 g/mol. The number of nitriles is 1. The summed E-state index contributed by atoms with van der Waals surface area (Å²) in [6, 6.07) is 5.98.